The van der Waals surface area contributed by atoms with Gasteiger partial charge in [0.05, 0.1) is 6.61 Å². The van der Waals surface area contributed by atoms with E-state index in [1.165, 1.54) is 30.8 Å². The highest BCUT2D eigenvalue weighted by molar-refractivity contribution is 5.59. The molecule has 1 N–H and O–H groups in total. The van der Waals surface area contributed by atoms with E-state index >= 15 is 0 Å². The Bertz CT molecular complexity index is 438. The second-order valence-electron chi connectivity index (χ2n) is 6.04. The van der Waals surface area contributed by atoms with Gasteiger partial charge in [-0.1, -0.05) is 6.07 Å². The first kappa shape index (κ1) is 12.8. The van der Waals surface area contributed by atoms with Crippen molar-refractivity contribution in [2.45, 2.75) is 32.7 Å². The van der Waals surface area contributed by atoms with E-state index in [9.17, 15) is 0 Å². The Balaban J connectivity index is 1.56. The van der Waals surface area contributed by atoms with Crippen molar-refractivity contribution in [3.63, 3.8) is 0 Å². The molecule has 1 fully saturated rings. The van der Waals surface area contributed by atoms with E-state index in [-0.39, 0.29) is 0 Å². The molecule has 2 aliphatic rings. The maximum atomic E-state index is 6.07. The summed E-state index contributed by atoms with van der Waals surface area (Å²) in [5.74, 6) is 1.79. The molecule has 0 radical (unpaired) electrons. The average molecular weight is 260 g/mol. The summed E-state index contributed by atoms with van der Waals surface area (Å²) in [7, 11) is 0. The van der Waals surface area contributed by atoms with Crippen LogP contribution in [0.3, 0.4) is 0 Å². The largest absolute Gasteiger partial charge is 0.493 e. The van der Waals surface area contributed by atoms with Crippen LogP contribution in [0, 0.1) is 5.92 Å². The summed E-state index contributed by atoms with van der Waals surface area (Å²) < 4.78 is 6.07. The quantitative estimate of drug-likeness (QED) is 0.901. The molecular weight excluding hydrogens is 236 g/mol. The Kier molecular flexibility index (Phi) is 3.65. The van der Waals surface area contributed by atoms with Crippen LogP contribution in [0.2, 0.25) is 0 Å². The number of fused-ring (bicyclic) bond motifs is 1. The van der Waals surface area contributed by atoms with E-state index in [1.807, 2.05) is 0 Å². The molecule has 0 amide bonds. The van der Waals surface area contributed by atoms with E-state index in [0.717, 1.165) is 25.3 Å². The first-order valence-electron chi connectivity index (χ1n) is 7.46. The van der Waals surface area contributed by atoms with Crippen molar-refractivity contribution >= 4 is 5.69 Å². The minimum atomic E-state index is 0.671. The van der Waals surface area contributed by atoms with Crippen LogP contribution in [0.25, 0.3) is 0 Å². The third kappa shape index (κ3) is 2.71. The maximum absolute atomic E-state index is 6.07. The second-order valence-corrected chi connectivity index (χ2v) is 6.04. The van der Waals surface area contributed by atoms with Gasteiger partial charge in [-0.3, -0.25) is 0 Å². The van der Waals surface area contributed by atoms with Gasteiger partial charge in [0.25, 0.3) is 0 Å². The number of anilines is 1. The topological polar surface area (TPSA) is 24.5 Å². The van der Waals surface area contributed by atoms with Crippen LogP contribution in [0.15, 0.2) is 18.2 Å². The molecule has 1 aromatic carbocycles. The zero-order valence-corrected chi connectivity index (χ0v) is 12.0. The summed E-state index contributed by atoms with van der Waals surface area (Å²) in [6.45, 7) is 8.84. The fourth-order valence-electron chi connectivity index (χ4n) is 2.96. The molecule has 19 heavy (non-hydrogen) atoms. The molecule has 1 aromatic rings. The molecule has 3 heteroatoms. The number of hydrogen-bond acceptors (Lipinski definition) is 3. The van der Waals surface area contributed by atoms with Crippen molar-refractivity contribution in [2.75, 3.05) is 31.6 Å². The molecule has 0 bridgehead atoms. The fraction of sp³-hybridized carbons (Fsp3) is 0.625. The Morgan fingerprint density at radius 1 is 1.37 bits per heavy atom. The molecule has 0 unspecified atom stereocenters. The Morgan fingerprint density at radius 2 is 2.21 bits per heavy atom. The first-order chi connectivity index (χ1) is 9.24. The van der Waals surface area contributed by atoms with Gasteiger partial charge >= 0.3 is 0 Å². The van der Waals surface area contributed by atoms with Gasteiger partial charge < -0.3 is 15.0 Å². The molecule has 0 saturated carbocycles. The predicted molar refractivity (Wildman–Crippen MR) is 78.9 cm³/mol. The number of nitrogens with one attached hydrogen (secondary N) is 1. The molecule has 2 heterocycles. The molecule has 0 aliphatic carbocycles. The van der Waals surface area contributed by atoms with Crippen LogP contribution < -0.4 is 10.1 Å². The highest BCUT2D eigenvalue weighted by Crippen LogP contribution is 2.31. The summed E-state index contributed by atoms with van der Waals surface area (Å²) >= 11 is 0. The van der Waals surface area contributed by atoms with Crippen molar-refractivity contribution in [1.29, 1.82) is 0 Å². The number of benzene rings is 1. The van der Waals surface area contributed by atoms with E-state index in [1.54, 1.807) is 0 Å². The number of hydrogen-bond donors (Lipinski definition) is 1. The SMILES string of the molecule is CC(C)N1CC(COc2cccc3c2CCCN3)C1. The second kappa shape index (κ2) is 5.41. The standard InChI is InChI=1S/C16H24N2O/c1-12(2)18-9-13(10-18)11-19-16-7-3-6-15-14(16)5-4-8-17-15/h3,6-7,12-13,17H,4-5,8-11H2,1-2H3. The third-order valence-electron chi connectivity index (χ3n) is 4.24. The van der Waals surface area contributed by atoms with Gasteiger partial charge in [0.1, 0.15) is 5.75 Å². The lowest BCUT2D eigenvalue weighted by molar-refractivity contribution is 0.0373. The van der Waals surface area contributed by atoms with Gasteiger partial charge in [-0.15, -0.1) is 0 Å². The van der Waals surface area contributed by atoms with Gasteiger partial charge in [-0.2, -0.15) is 0 Å². The van der Waals surface area contributed by atoms with Crippen LogP contribution in [-0.4, -0.2) is 37.2 Å². The van der Waals surface area contributed by atoms with E-state index in [2.05, 4.69) is 42.3 Å². The summed E-state index contributed by atoms with van der Waals surface area (Å²) in [6.07, 6.45) is 2.35. The monoisotopic (exact) mass is 260 g/mol. The molecular formula is C16H24N2O. The van der Waals surface area contributed by atoms with Gasteiger partial charge in [0.15, 0.2) is 0 Å². The minimum Gasteiger partial charge on any atom is -0.493 e. The summed E-state index contributed by atoms with van der Waals surface area (Å²) in [5, 5.41) is 3.45. The van der Waals surface area contributed by atoms with Crippen LogP contribution in [0.4, 0.5) is 5.69 Å². The fourth-order valence-corrected chi connectivity index (χ4v) is 2.96. The van der Waals surface area contributed by atoms with Crippen molar-refractivity contribution in [2.24, 2.45) is 5.92 Å². The van der Waals surface area contributed by atoms with Crippen LogP contribution in [0.5, 0.6) is 5.75 Å². The molecule has 0 spiro atoms. The van der Waals surface area contributed by atoms with E-state index in [4.69, 9.17) is 4.74 Å². The van der Waals surface area contributed by atoms with Crippen molar-refractivity contribution in [3.05, 3.63) is 23.8 Å². The van der Waals surface area contributed by atoms with Crippen molar-refractivity contribution in [3.8, 4) is 5.75 Å². The Hall–Kier alpha value is -1.22. The summed E-state index contributed by atoms with van der Waals surface area (Å²) in [6, 6.07) is 7.04. The number of likely N-dealkylation sites (tertiary alicyclic amines) is 1. The molecule has 3 rings (SSSR count). The lowest BCUT2D eigenvalue weighted by atomic mass is 9.99. The van der Waals surface area contributed by atoms with Gasteiger partial charge in [-0.05, 0) is 38.8 Å². The summed E-state index contributed by atoms with van der Waals surface area (Å²) in [5.41, 5.74) is 2.63. The third-order valence-corrected chi connectivity index (χ3v) is 4.24. The molecule has 0 atom stereocenters. The van der Waals surface area contributed by atoms with E-state index < -0.39 is 0 Å². The first-order valence-corrected chi connectivity index (χ1v) is 7.46. The average Bonchev–Trinajstić information content (AvgIpc) is 2.36. The molecule has 104 valence electrons. The number of ether oxygens (including phenoxy) is 1. The van der Waals surface area contributed by atoms with Gasteiger partial charge in [0, 0.05) is 42.8 Å². The molecule has 1 saturated heterocycles. The highest BCUT2D eigenvalue weighted by atomic mass is 16.5. The smallest absolute Gasteiger partial charge is 0.124 e. The Labute approximate surface area is 115 Å². The zero-order chi connectivity index (χ0) is 13.2. The van der Waals surface area contributed by atoms with Crippen LogP contribution in [0.1, 0.15) is 25.8 Å². The lowest BCUT2D eigenvalue weighted by Gasteiger charge is -2.41. The predicted octanol–water partition coefficient (Wildman–Crippen LogP) is 2.76. The molecule has 3 nitrogen and oxygen atoms in total. The number of rotatable bonds is 4. The van der Waals surface area contributed by atoms with Gasteiger partial charge in [0.2, 0.25) is 0 Å². The zero-order valence-electron chi connectivity index (χ0n) is 12.0. The lowest BCUT2D eigenvalue weighted by Crippen LogP contribution is -2.52. The van der Waals surface area contributed by atoms with Crippen LogP contribution in [-0.2, 0) is 6.42 Å². The number of nitrogens with zero attached hydrogens (tertiary/aromatic N) is 1. The normalized spacial score (nSPS) is 19.7. The maximum Gasteiger partial charge on any atom is 0.124 e. The Morgan fingerprint density at radius 3 is 3.00 bits per heavy atom. The minimum absolute atomic E-state index is 0.671. The highest BCUT2D eigenvalue weighted by Gasteiger charge is 2.29. The molecule has 2 aliphatic heterocycles. The van der Waals surface area contributed by atoms with Crippen molar-refractivity contribution in [1.82, 2.24) is 4.90 Å². The van der Waals surface area contributed by atoms with Crippen LogP contribution >= 0.6 is 0 Å². The van der Waals surface area contributed by atoms with E-state index in [0.29, 0.717) is 12.0 Å². The van der Waals surface area contributed by atoms with Crippen molar-refractivity contribution < 1.29 is 4.74 Å². The van der Waals surface area contributed by atoms with Gasteiger partial charge in [-0.25, -0.2) is 0 Å². The summed E-state index contributed by atoms with van der Waals surface area (Å²) in [4.78, 5) is 2.50. The molecule has 0 aromatic heterocycles.